The average Bonchev–Trinajstić information content (AvgIpc) is 2.64. The van der Waals surface area contributed by atoms with Gasteiger partial charge < -0.3 is 5.32 Å². The summed E-state index contributed by atoms with van der Waals surface area (Å²) < 4.78 is 26.3. The molecule has 1 aliphatic rings. The first-order valence-corrected chi connectivity index (χ1v) is 7.32. The van der Waals surface area contributed by atoms with E-state index in [2.05, 4.69) is 12.2 Å². The highest BCUT2D eigenvalue weighted by molar-refractivity contribution is 5.57. The molecule has 1 N–H and O–H groups in total. The van der Waals surface area contributed by atoms with Crippen LogP contribution in [0.5, 0.6) is 0 Å². The summed E-state index contributed by atoms with van der Waals surface area (Å²) in [5, 5.41) is 13.9. The third-order valence-corrected chi connectivity index (χ3v) is 4.18. The lowest BCUT2D eigenvalue weighted by Crippen LogP contribution is -2.26. The molecule has 0 heterocycles. The molecule has 0 bridgehead atoms. The number of benzene rings is 1. The van der Waals surface area contributed by atoms with E-state index >= 15 is 0 Å². The molecule has 1 aromatic carbocycles. The Kier molecular flexibility index (Phi) is 5.09. The van der Waals surface area contributed by atoms with Crippen LogP contribution in [0.4, 0.5) is 20.2 Å². The summed E-state index contributed by atoms with van der Waals surface area (Å²) in [6, 6.07) is 3.78. The van der Waals surface area contributed by atoms with Gasteiger partial charge in [-0.1, -0.05) is 26.2 Å². The summed E-state index contributed by atoms with van der Waals surface area (Å²) in [6.45, 7) is 2.12. The van der Waals surface area contributed by atoms with Gasteiger partial charge in [0.05, 0.1) is 4.92 Å². The highest BCUT2D eigenvalue weighted by Crippen LogP contribution is 2.33. The molecule has 0 aromatic heterocycles. The van der Waals surface area contributed by atoms with Crippen LogP contribution in [0.3, 0.4) is 0 Å². The van der Waals surface area contributed by atoms with Crippen LogP contribution in [-0.4, -0.2) is 11.0 Å². The molecule has 0 amide bonds. The van der Waals surface area contributed by atoms with Crippen LogP contribution < -0.4 is 5.32 Å². The Morgan fingerprint density at radius 1 is 1.29 bits per heavy atom. The highest BCUT2D eigenvalue weighted by atomic mass is 19.3. The van der Waals surface area contributed by atoms with E-state index < -0.39 is 11.3 Å². The summed E-state index contributed by atoms with van der Waals surface area (Å²) in [6.07, 6.45) is 2.72. The van der Waals surface area contributed by atoms with E-state index in [1.165, 1.54) is 25.0 Å². The fraction of sp³-hybridized carbons (Fsp3) is 0.600. The van der Waals surface area contributed by atoms with Crippen LogP contribution in [0.25, 0.3) is 0 Å². The molecule has 0 aliphatic heterocycles. The fourth-order valence-corrected chi connectivity index (χ4v) is 2.88. The molecular weight excluding hydrogens is 278 g/mol. The maximum atomic E-state index is 13.1. The summed E-state index contributed by atoms with van der Waals surface area (Å²) in [7, 11) is 0. The van der Waals surface area contributed by atoms with Gasteiger partial charge in [0, 0.05) is 29.4 Å². The van der Waals surface area contributed by atoms with Gasteiger partial charge in [-0.15, -0.1) is 0 Å². The normalized spacial score (nSPS) is 22.9. The number of halogens is 2. The van der Waals surface area contributed by atoms with Crippen LogP contribution in [0.15, 0.2) is 18.2 Å². The van der Waals surface area contributed by atoms with E-state index in [0.717, 1.165) is 25.3 Å². The molecule has 2 unspecified atom stereocenters. The summed E-state index contributed by atoms with van der Waals surface area (Å²) in [5.41, 5.74) is -0.278. The third-order valence-electron chi connectivity index (χ3n) is 4.18. The number of nitro groups is 1. The van der Waals surface area contributed by atoms with Crippen LogP contribution in [-0.2, 0) is 0 Å². The first-order valence-electron chi connectivity index (χ1n) is 7.32. The smallest absolute Gasteiger partial charge is 0.270 e. The predicted molar refractivity (Wildman–Crippen MR) is 77.7 cm³/mol. The molecule has 0 spiro atoms. The molecule has 116 valence electrons. The number of nitrogens with zero attached hydrogens (tertiary/aromatic N) is 1. The minimum Gasteiger partial charge on any atom is -0.382 e. The average molecular weight is 298 g/mol. The summed E-state index contributed by atoms with van der Waals surface area (Å²) in [5.74, 6) is 0.410. The van der Waals surface area contributed by atoms with Crippen molar-refractivity contribution in [1.29, 1.82) is 0 Å². The highest BCUT2D eigenvalue weighted by Gasteiger charge is 2.23. The van der Waals surface area contributed by atoms with E-state index in [4.69, 9.17) is 0 Å². The van der Waals surface area contributed by atoms with E-state index in [0.29, 0.717) is 11.6 Å². The zero-order valence-electron chi connectivity index (χ0n) is 12.0. The Labute approximate surface area is 122 Å². The van der Waals surface area contributed by atoms with Crippen molar-refractivity contribution in [2.45, 2.75) is 51.5 Å². The standard InChI is InChI=1S/C15H20F2N2O2/c1-10-5-3-2-4-6-13(10)18-14-8-7-11(19(20)21)9-12(14)15(16)17/h7-10,13,15,18H,2-6H2,1H3. The molecule has 6 heteroatoms. The number of rotatable bonds is 4. The van der Waals surface area contributed by atoms with Gasteiger partial charge in [-0.25, -0.2) is 8.78 Å². The van der Waals surface area contributed by atoms with E-state index in [1.807, 2.05) is 0 Å². The number of nitro benzene ring substituents is 1. The Bertz CT molecular complexity index is 508. The zero-order chi connectivity index (χ0) is 15.4. The monoisotopic (exact) mass is 298 g/mol. The number of non-ortho nitro benzene ring substituents is 1. The minimum absolute atomic E-state index is 0.145. The van der Waals surface area contributed by atoms with Gasteiger partial charge in [-0.05, 0) is 24.8 Å². The molecule has 1 aliphatic carbocycles. The number of hydrogen-bond acceptors (Lipinski definition) is 3. The molecule has 21 heavy (non-hydrogen) atoms. The topological polar surface area (TPSA) is 55.2 Å². The van der Waals surface area contributed by atoms with Gasteiger partial charge in [-0.3, -0.25) is 10.1 Å². The van der Waals surface area contributed by atoms with Crippen molar-refractivity contribution >= 4 is 11.4 Å². The zero-order valence-corrected chi connectivity index (χ0v) is 12.0. The van der Waals surface area contributed by atoms with Crippen molar-refractivity contribution in [3.05, 3.63) is 33.9 Å². The largest absolute Gasteiger partial charge is 0.382 e. The van der Waals surface area contributed by atoms with Crippen molar-refractivity contribution < 1.29 is 13.7 Å². The van der Waals surface area contributed by atoms with E-state index in [1.54, 1.807) is 0 Å². The summed E-state index contributed by atoms with van der Waals surface area (Å²) >= 11 is 0. The molecule has 0 radical (unpaired) electrons. The molecule has 1 aromatic rings. The van der Waals surface area contributed by atoms with E-state index in [-0.39, 0.29) is 17.3 Å². The Balaban J connectivity index is 2.23. The summed E-state index contributed by atoms with van der Waals surface area (Å²) in [4.78, 5) is 10.1. The second kappa shape index (κ2) is 6.83. The number of anilines is 1. The molecule has 4 nitrogen and oxygen atoms in total. The quantitative estimate of drug-likeness (QED) is 0.488. The van der Waals surface area contributed by atoms with Gasteiger partial charge in [0.25, 0.3) is 12.1 Å². The van der Waals surface area contributed by atoms with Crippen molar-refractivity contribution in [2.75, 3.05) is 5.32 Å². The van der Waals surface area contributed by atoms with Gasteiger partial charge in [0.2, 0.25) is 0 Å². The second-order valence-electron chi connectivity index (χ2n) is 5.70. The second-order valence-corrected chi connectivity index (χ2v) is 5.70. The van der Waals surface area contributed by atoms with Crippen molar-refractivity contribution in [3.63, 3.8) is 0 Å². The van der Waals surface area contributed by atoms with Crippen LogP contribution in [0.1, 0.15) is 51.0 Å². The van der Waals surface area contributed by atoms with E-state index in [9.17, 15) is 18.9 Å². The lowest BCUT2D eigenvalue weighted by atomic mass is 9.96. The van der Waals surface area contributed by atoms with Gasteiger partial charge in [0.15, 0.2) is 0 Å². The number of alkyl halides is 2. The SMILES string of the molecule is CC1CCCCCC1Nc1ccc([N+](=O)[O-])cc1C(F)F. The molecule has 0 saturated heterocycles. The third kappa shape index (κ3) is 3.89. The van der Waals surface area contributed by atoms with Crippen molar-refractivity contribution in [1.82, 2.24) is 0 Å². The number of nitrogens with one attached hydrogen (secondary N) is 1. The van der Waals surface area contributed by atoms with Crippen LogP contribution >= 0.6 is 0 Å². The Hall–Kier alpha value is -1.72. The molecule has 2 rings (SSSR count). The van der Waals surface area contributed by atoms with Crippen molar-refractivity contribution in [3.8, 4) is 0 Å². The molecule has 1 fully saturated rings. The maximum Gasteiger partial charge on any atom is 0.270 e. The van der Waals surface area contributed by atoms with Gasteiger partial charge in [0.1, 0.15) is 0 Å². The van der Waals surface area contributed by atoms with Crippen LogP contribution in [0.2, 0.25) is 0 Å². The predicted octanol–water partition coefficient (Wildman–Crippen LogP) is 4.91. The minimum atomic E-state index is -2.73. The number of hydrogen-bond donors (Lipinski definition) is 1. The molecule has 2 atom stereocenters. The van der Waals surface area contributed by atoms with Crippen LogP contribution in [0, 0.1) is 16.0 Å². The lowest BCUT2D eigenvalue weighted by Gasteiger charge is -2.25. The Morgan fingerprint density at radius 2 is 2.00 bits per heavy atom. The van der Waals surface area contributed by atoms with Crippen molar-refractivity contribution in [2.24, 2.45) is 5.92 Å². The fourth-order valence-electron chi connectivity index (χ4n) is 2.88. The van der Waals surface area contributed by atoms with Gasteiger partial charge in [-0.2, -0.15) is 0 Å². The lowest BCUT2D eigenvalue weighted by molar-refractivity contribution is -0.385. The molecule has 1 saturated carbocycles. The Morgan fingerprint density at radius 3 is 2.67 bits per heavy atom. The first kappa shape index (κ1) is 15.7. The molecular formula is C15H20F2N2O2. The maximum absolute atomic E-state index is 13.1. The van der Waals surface area contributed by atoms with Gasteiger partial charge >= 0.3 is 0 Å². The first-order chi connectivity index (χ1) is 9.99.